The second kappa shape index (κ2) is 6.34. The van der Waals surface area contributed by atoms with Gasteiger partial charge in [0, 0.05) is 6.42 Å². The molecule has 1 aliphatic heterocycles. The van der Waals surface area contributed by atoms with E-state index in [1.165, 1.54) is 0 Å². The second-order valence-electron chi connectivity index (χ2n) is 4.72. The zero-order chi connectivity index (χ0) is 13.8. The van der Waals surface area contributed by atoms with Crippen LogP contribution in [0, 0.1) is 0 Å². The highest BCUT2D eigenvalue weighted by molar-refractivity contribution is 5.26. The first-order valence-electron chi connectivity index (χ1n) is 6.36. The predicted octanol–water partition coefficient (Wildman–Crippen LogP) is 1.07. The molecule has 0 bridgehead atoms. The van der Waals surface area contributed by atoms with Gasteiger partial charge in [0.15, 0.2) is 6.29 Å². The molecule has 2 rings (SSSR count). The molecule has 1 aromatic rings. The maximum Gasteiger partial charge on any atom is 0.161 e. The Morgan fingerprint density at radius 1 is 1.26 bits per heavy atom. The van der Waals surface area contributed by atoms with Crippen molar-refractivity contribution in [2.75, 3.05) is 7.11 Å². The molecule has 0 aliphatic carbocycles. The van der Waals surface area contributed by atoms with Crippen LogP contribution in [0.15, 0.2) is 24.3 Å². The fourth-order valence-corrected chi connectivity index (χ4v) is 2.04. The Labute approximate surface area is 112 Å². The third kappa shape index (κ3) is 3.67. The summed E-state index contributed by atoms with van der Waals surface area (Å²) in [6, 6.07) is 7.55. The minimum atomic E-state index is -0.846. The van der Waals surface area contributed by atoms with Gasteiger partial charge in [0.1, 0.15) is 11.9 Å². The highest BCUT2D eigenvalue weighted by Crippen LogP contribution is 2.22. The van der Waals surface area contributed by atoms with Gasteiger partial charge in [0.05, 0.1) is 25.9 Å². The van der Waals surface area contributed by atoms with Crippen LogP contribution in [0.4, 0.5) is 0 Å². The van der Waals surface area contributed by atoms with Gasteiger partial charge >= 0.3 is 0 Å². The van der Waals surface area contributed by atoms with Crippen molar-refractivity contribution in [2.24, 2.45) is 0 Å². The zero-order valence-electron chi connectivity index (χ0n) is 11.2. The molecule has 0 spiro atoms. The van der Waals surface area contributed by atoms with E-state index in [0.29, 0.717) is 6.61 Å². The first-order valence-corrected chi connectivity index (χ1v) is 6.36. The summed E-state index contributed by atoms with van der Waals surface area (Å²) in [6.45, 7) is 2.11. The van der Waals surface area contributed by atoms with Crippen LogP contribution in [0.5, 0.6) is 5.75 Å². The molecule has 2 N–H and O–H groups in total. The van der Waals surface area contributed by atoms with Crippen molar-refractivity contribution in [3.05, 3.63) is 29.8 Å². The van der Waals surface area contributed by atoms with E-state index >= 15 is 0 Å². The number of aliphatic hydroxyl groups excluding tert-OH is 2. The SMILES string of the molecule is COc1ccc(CO[C@@H]2C[C@H](O)[C@@H](O)[C@H](C)O2)cc1. The molecule has 19 heavy (non-hydrogen) atoms. The summed E-state index contributed by atoms with van der Waals surface area (Å²) >= 11 is 0. The van der Waals surface area contributed by atoms with E-state index in [4.69, 9.17) is 14.2 Å². The van der Waals surface area contributed by atoms with Gasteiger partial charge in [-0.25, -0.2) is 0 Å². The number of benzene rings is 1. The third-order valence-corrected chi connectivity index (χ3v) is 3.27. The molecule has 5 nitrogen and oxygen atoms in total. The first kappa shape index (κ1) is 14.3. The fraction of sp³-hybridized carbons (Fsp3) is 0.571. The van der Waals surface area contributed by atoms with Crippen LogP contribution in [-0.4, -0.2) is 41.9 Å². The van der Waals surface area contributed by atoms with E-state index < -0.39 is 24.6 Å². The van der Waals surface area contributed by atoms with E-state index in [1.54, 1.807) is 14.0 Å². The molecule has 4 atom stereocenters. The van der Waals surface area contributed by atoms with Crippen LogP contribution < -0.4 is 4.74 Å². The molecule has 1 fully saturated rings. The van der Waals surface area contributed by atoms with Crippen LogP contribution in [-0.2, 0) is 16.1 Å². The number of ether oxygens (including phenoxy) is 3. The Morgan fingerprint density at radius 3 is 2.53 bits per heavy atom. The summed E-state index contributed by atoms with van der Waals surface area (Å²) in [5.74, 6) is 0.796. The standard InChI is InChI=1S/C14H20O5/c1-9-14(16)12(15)7-13(19-9)18-8-10-3-5-11(17-2)6-4-10/h3-6,9,12-16H,7-8H2,1-2H3/t9-,12-,13-,14-/m0/s1. The molecule has 0 amide bonds. The second-order valence-corrected chi connectivity index (χ2v) is 4.72. The zero-order valence-corrected chi connectivity index (χ0v) is 11.2. The molecule has 1 saturated heterocycles. The summed E-state index contributed by atoms with van der Waals surface area (Å²) in [5.41, 5.74) is 0.998. The summed E-state index contributed by atoms with van der Waals surface area (Å²) in [4.78, 5) is 0. The summed E-state index contributed by atoms with van der Waals surface area (Å²) < 4.78 is 16.2. The number of aliphatic hydroxyl groups is 2. The van der Waals surface area contributed by atoms with Gasteiger partial charge < -0.3 is 24.4 Å². The smallest absolute Gasteiger partial charge is 0.161 e. The fourth-order valence-electron chi connectivity index (χ4n) is 2.04. The van der Waals surface area contributed by atoms with Crippen LogP contribution in [0.1, 0.15) is 18.9 Å². The van der Waals surface area contributed by atoms with Crippen molar-refractivity contribution in [2.45, 2.75) is 44.6 Å². The lowest BCUT2D eigenvalue weighted by Gasteiger charge is -2.35. The Kier molecular flexibility index (Phi) is 4.76. The Balaban J connectivity index is 1.84. The molecule has 1 aromatic carbocycles. The van der Waals surface area contributed by atoms with Crippen molar-refractivity contribution in [1.29, 1.82) is 0 Å². The minimum absolute atomic E-state index is 0.279. The van der Waals surface area contributed by atoms with Crippen molar-refractivity contribution in [3.8, 4) is 5.75 Å². The van der Waals surface area contributed by atoms with Crippen LogP contribution in [0.3, 0.4) is 0 Å². The molecule has 0 radical (unpaired) electrons. The van der Waals surface area contributed by atoms with Gasteiger partial charge in [-0.05, 0) is 24.6 Å². The van der Waals surface area contributed by atoms with Gasteiger partial charge in [-0.2, -0.15) is 0 Å². The molecule has 1 heterocycles. The lowest BCUT2D eigenvalue weighted by molar-refractivity contribution is -0.249. The van der Waals surface area contributed by atoms with Gasteiger partial charge in [0.2, 0.25) is 0 Å². The maximum absolute atomic E-state index is 9.66. The molecule has 0 aromatic heterocycles. The van der Waals surface area contributed by atoms with Gasteiger partial charge in [-0.15, -0.1) is 0 Å². The third-order valence-electron chi connectivity index (χ3n) is 3.27. The monoisotopic (exact) mass is 268 g/mol. The van der Waals surface area contributed by atoms with Crippen LogP contribution >= 0.6 is 0 Å². The molecule has 5 heteroatoms. The highest BCUT2D eigenvalue weighted by Gasteiger charge is 2.34. The average Bonchev–Trinajstić information content (AvgIpc) is 2.43. The van der Waals surface area contributed by atoms with Crippen molar-refractivity contribution in [1.82, 2.24) is 0 Å². The van der Waals surface area contributed by atoms with Gasteiger partial charge in [-0.1, -0.05) is 12.1 Å². The normalized spacial score (nSPS) is 31.2. The maximum atomic E-state index is 9.66. The van der Waals surface area contributed by atoms with Crippen molar-refractivity contribution < 1.29 is 24.4 Å². The molecule has 1 aliphatic rings. The minimum Gasteiger partial charge on any atom is -0.497 e. The predicted molar refractivity (Wildman–Crippen MR) is 68.7 cm³/mol. The summed E-state index contributed by atoms with van der Waals surface area (Å²) in [7, 11) is 1.62. The molecule has 106 valence electrons. The Morgan fingerprint density at radius 2 is 1.95 bits per heavy atom. The molecule has 0 unspecified atom stereocenters. The van der Waals surface area contributed by atoms with Crippen molar-refractivity contribution >= 4 is 0 Å². The number of rotatable bonds is 4. The molecule has 0 saturated carbocycles. The van der Waals surface area contributed by atoms with Crippen LogP contribution in [0.25, 0.3) is 0 Å². The van der Waals surface area contributed by atoms with Gasteiger partial charge in [-0.3, -0.25) is 0 Å². The van der Waals surface area contributed by atoms with E-state index in [1.807, 2.05) is 24.3 Å². The lowest BCUT2D eigenvalue weighted by atomic mass is 10.0. The van der Waals surface area contributed by atoms with E-state index in [-0.39, 0.29) is 6.42 Å². The number of hydrogen-bond donors (Lipinski definition) is 2. The molecular formula is C14H20O5. The van der Waals surface area contributed by atoms with Crippen LogP contribution in [0.2, 0.25) is 0 Å². The average molecular weight is 268 g/mol. The van der Waals surface area contributed by atoms with E-state index in [0.717, 1.165) is 11.3 Å². The largest absolute Gasteiger partial charge is 0.497 e. The number of hydrogen-bond acceptors (Lipinski definition) is 5. The quantitative estimate of drug-likeness (QED) is 0.855. The number of methoxy groups -OCH3 is 1. The highest BCUT2D eigenvalue weighted by atomic mass is 16.7. The first-order chi connectivity index (χ1) is 9.10. The van der Waals surface area contributed by atoms with E-state index in [2.05, 4.69) is 0 Å². The summed E-state index contributed by atoms with van der Waals surface area (Å²) in [5, 5.41) is 19.2. The van der Waals surface area contributed by atoms with E-state index in [9.17, 15) is 10.2 Å². The Hall–Kier alpha value is -1.14. The van der Waals surface area contributed by atoms with Crippen molar-refractivity contribution in [3.63, 3.8) is 0 Å². The lowest BCUT2D eigenvalue weighted by Crippen LogP contribution is -2.47. The topological polar surface area (TPSA) is 68.2 Å². The van der Waals surface area contributed by atoms with Gasteiger partial charge in [0.25, 0.3) is 0 Å². The Bertz CT molecular complexity index is 379. The molecular weight excluding hydrogens is 248 g/mol. The summed E-state index contributed by atoms with van der Waals surface area (Å²) in [6.07, 6.45) is -2.28.